The molecule has 2 aliphatic rings. The maximum absolute atomic E-state index is 12.7. The third-order valence-electron chi connectivity index (χ3n) is 6.77. The van der Waals surface area contributed by atoms with Crippen molar-refractivity contribution in [3.63, 3.8) is 0 Å². The van der Waals surface area contributed by atoms with Crippen molar-refractivity contribution in [3.8, 4) is 0 Å². The SMILES string of the molecule is [C-]#[N+][C@H]1CCCC[C@@H]1n1nc(Nc2ccc(S(=O)(=O)CCC3CC3)cc2)c2c(=O)[nH]ccc21. The molecule has 33 heavy (non-hydrogen) atoms. The van der Waals surface area contributed by atoms with Crippen molar-refractivity contribution in [3.05, 3.63) is 58.3 Å². The van der Waals surface area contributed by atoms with Crippen LogP contribution in [0.15, 0.2) is 46.2 Å². The highest BCUT2D eigenvalue weighted by Crippen LogP contribution is 2.35. The lowest BCUT2D eigenvalue weighted by molar-refractivity contribution is 0.321. The Morgan fingerprint density at radius 1 is 1.12 bits per heavy atom. The molecule has 2 aromatic heterocycles. The minimum Gasteiger partial charge on any atom is -0.338 e. The largest absolute Gasteiger partial charge is 0.338 e. The number of sulfone groups is 1. The molecule has 172 valence electrons. The van der Waals surface area contributed by atoms with Crippen molar-refractivity contribution in [1.29, 1.82) is 0 Å². The van der Waals surface area contributed by atoms with E-state index in [0.717, 1.165) is 44.9 Å². The number of rotatable bonds is 7. The highest BCUT2D eigenvalue weighted by molar-refractivity contribution is 7.91. The lowest BCUT2D eigenvalue weighted by Crippen LogP contribution is -2.26. The number of nitrogens with zero attached hydrogens (tertiary/aromatic N) is 3. The Morgan fingerprint density at radius 2 is 1.88 bits per heavy atom. The second kappa shape index (κ2) is 8.67. The second-order valence-corrected chi connectivity index (χ2v) is 11.2. The number of fused-ring (bicyclic) bond motifs is 1. The maximum Gasteiger partial charge on any atom is 0.261 e. The summed E-state index contributed by atoms with van der Waals surface area (Å²) < 4.78 is 27.0. The van der Waals surface area contributed by atoms with E-state index in [9.17, 15) is 13.2 Å². The Bertz CT molecular complexity index is 1360. The first-order valence-corrected chi connectivity index (χ1v) is 13.2. The van der Waals surface area contributed by atoms with E-state index in [0.29, 0.717) is 33.2 Å². The molecule has 0 aliphatic heterocycles. The number of nitrogens with one attached hydrogen (secondary N) is 2. The van der Waals surface area contributed by atoms with Crippen LogP contribution in [0.3, 0.4) is 0 Å². The molecule has 0 spiro atoms. The molecule has 0 radical (unpaired) electrons. The summed E-state index contributed by atoms with van der Waals surface area (Å²) in [6.07, 6.45) is 8.34. The van der Waals surface area contributed by atoms with Crippen LogP contribution in [0.2, 0.25) is 0 Å². The molecule has 2 fully saturated rings. The van der Waals surface area contributed by atoms with Gasteiger partial charge in [-0.15, -0.1) is 0 Å². The summed E-state index contributed by atoms with van der Waals surface area (Å²) in [7, 11) is -3.30. The zero-order chi connectivity index (χ0) is 23.0. The van der Waals surface area contributed by atoms with Crippen LogP contribution < -0.4 is 10.9 Å². The Kier molecular flexibility index (Phi) is 5.71. The first-order chi connectivity index (χ1) is 16.0. The summed E-state index contributed by atoms with van der Waals surface area (Å²) in [6, 6.07) is 8.20. The molecule has 5 rings (SSSR count). The monoisotopic (exact) mass is 465 g/mol. The molecule has 3 aromatic rings. The van der Waals surface area contributed by atoms with E-state index in [-0.39, 0.29) is 23.4 Å². The standard InChI is InChI=1S/C24H27N5O3S/c1-25-19-4-2-3-5-20(19)29-21-12-14-26-24(30)22(21)23(28-29)27-17-8-10-18(11-9-17)33(31,32)15-13-16-6-7-16/h8-12,14,16,19-20H,2-7,13,15H2,(H,26,30)(H,27,28)/t19-,20-/m0/s1. The maximum atomic E-state index is 12.7. The zero-order valence-corrected chi connectivity index (χ0v) is 19.1. The van der Waals surface area contributed by atoms with Crippen LogP contribution >= 0.6 is 0 Å². The molecule has 2 saturated carbocycles. The van der Waals surface area contributed by atoms with Gasteiger partial charge in [-0.2, -0.15) is 5.10 Å². The first-order valence-electron chi connectivity index (χ1n) is 11.5. The third-order valence-corrected chi connectivity index (χ3v) is 8.54. The minimum absolute atomic E-state index is 0.0740. The van der Waals surface area contributed by atoms with Crippen molar-refractivity contribution >= 4 is 32.2 Å². The molecular weight excluding hydrogens is 438 g/mol. The molecule has 8 nitrogen and oxygen atoms in total. The molecular formula is C24H27N5O3S. The summed E-state index contributed by atoms with van der Waals surface area (Å²) in [6.45, 7) is 7.59. The topological polar surface area (TPSA) is 101 Å². The fraction of sp³-hybridized carbons (Fsp3) is 0.458. The number of benzene rings is 1. The summed E-state index contributed by atoms with van der Waals surface area (Å²) in [5.74, 6) is 1.15. The van der Waals surface area contributed by atoms with Gasteiger partial charge in [-0.1, -0.05) is 19.3 Å². The molecule has 0 bridgehead atoms. The van der Waals surface area contributed by atoms with Crippen LogP contribution in [-0.2, 0) is 9.84 Å². The van der Waals surface area contributed by atoms with Crippen molar-refractivity contribution < 1.29 is 8.42 Å². The number of hydrogen-bond acceptors (Lipinski definition) is 5. The van der Waals surface area contributed by atoms with Crippen LogP contribution in [0.5, 0.6) is 0 Å². The molecule has 9 heteroatoms. The van der Waals surface area contributed by atoms with Gasteiger partial charge in [0.2, 0.25) is 6.04 Å². The fourth-order valence-corrected chi connectivity index (χ4v) is 6.13. The lowest BCUT2D eigenvalue weighted by atomic mass is 9.91. The van der Waals surface area contributed by atoms with Gasteiger partial charge < -0.3 is 15.1 Å². The Labute approximate surface area is 192 Å². The second-order valence-electron chi connectivity index (χ2n) is 9.11. The number of aromatic amines is 1. The summed E-state index contributed by atoms with van der Waals surface area (Å²) in [5, 5.41) is 8.35. The fourth-order valence-electron chi connectivity index (χ4n) is 4.70. The van der Waals surface area contributed by atoms with Gasteiger partial charge in [-0.3, -0.25) is 9.48 Å². The van der Waals surface area contributed by atoms with E-state index in [1.807, 2.05) is 10.7 Å². The molecule has 2 atom stereocenters. The van der Waals surface area contributed by atoms with E-state index in [1.165, 1.54) is 0 Å². The normalized spacial score (nSPS) is 21.1. The Balaban J connectivity index is 1.44. The molecule has 2 aliphatic carbocycles. The molecule has 0 saturated heterocycles. The lowest BCUT2D eigenvalue weighted by Gasteiger charge is -2.24. The summed E-state index contributed by atoms with van der Waals surface area (Å²) in [5.41, 5.74) is 1.09. The number of H-pyrrole nitrogens is 1. The van der Waals surface area contributed by atoms with Gasteiger partial charge >= 0.3 is 0 Å². The third kappa shape index (κ3) is 4.40. The molecule has 1 aromatic carbocycles. The van der Waals surface area contributed by atoms with Crippen LogP contribution in [0.25, 0.3) is 15.7 Å². The molecule has 0 amide bonds. The zero-order valence-electron chi connectivity index (χ0n) is 18.3. The Morgan fingerprint density at radius 3 is 2.61 bits per heavy atom. The predicted octanol–water partition coefficient (Wildman–Crippen LogP) is 4.44. The van der Waals surface area contributed by atoms with Gasteiger partial charge in [0.25, 0.3) is 5.56 Å². The number of aromatic nitrogens is 3. The smallest absolute Gasteiger partial charge is 0.261 e. The van der Waals surface area contributed by atoms with Crippen LogP contribution in [-0.4, -0.2) is 35.0 Å². The molecule has 0 unspecified atom stereocenters. The number of hydrogen-bond donors (Lipinski definition) is 2. The van der Waals surface area contributed by atoms with E-state index < -0.39 is 9.84 Å². The highest BCUT2D eigenvalue weighted by Gasteiger charge is 2.34. The minimum atomic E-state index is -3.30. The van der Waals surface area contributed by atoms with Crippen molar-refractivity contribution in [2.45, 2.75) is 61.9 Å². The van der Waals surface area contributed by atoms with Crippen molar-refractivity contribution in [2.75, 3.05) is 11.1 Å². The van der Waals surface area contributed by atoms with Crippen molar-refractivity contribution in [1.82, 2.24) is 14.8 Å². The first kappa shape index (κ1) is 21.7. The Hall–Kier alpha value is -3.12. The van der Waals surface area contributed by atoms with Gasteiger partial charge in [-0.05, 0) is 55.5 Å². The quantitative estimate of drug-likeness (QED) is 0.502. The number of anilines is 2. The van der Waals surface area contributed by atoms with Crippen LogP contribution in [0.1, 0.15) is 51.0 Å². The van der Waals surface area contributed by atoms with Crippen molar-refractivity contribution in [2.24, 2.45) is 5.92 Å². The van der Waals surface area contributed by atoms with E-state index in [1.54, 1.807) is 30.5 Å². The van der Waals surface area contributed by atoms with Gasteiger partial charge in [-0.25, -0.2) is 15.0 Å². The highest BCUT2D eigenvalue weighted by atomic mass is 32.2. The van der Waals surface area contributed by atoms with E-state index in [4.69, 9.17) is 11.7 Å². The average molecular weight is 466 g/mol. The van der Waals surface area contributed by atoms with Crippen LogP contribution in [0, 0.1) is 12.5 Å². The van der Waals surface area contributed by atoms with Crippen LogP contribution in [0.4, 0.5) is 11.5 Å². The summed E-state index contributed by atoms with van der Waals surface area (Å²) in [4.78, 5) is 19.5. The number of pyridine rings is 1. The molecule has 2 heterocycles. The van der Waals surface area contributed by atoms with Gasteiger partial charge in [0.1, 0.15) is 11.4 Å². The van der Waals surface area contributed by atoms with Gasteiger partial charge in [0.05, 0.1) is 16.2 Å². The van der Waals surface area contributed by atoms with E-state index >= 15 is 0 Å². The summed E-state index contributed by atoms with van der Waals surface area (Å²) >= 11 is 0. The van der Waals surface area contributed by atoms with E-state index in [2.05, 4.69) is 15.1 Å². The predicted molar refractivity (Wildman–Crippen MR) is 127 cm³/mol. The van der Waals surface area contributed by atoms with Gasteiger partial charge in [0, 0.05) is 18.3 Å². The molecule has 2 N–H and O–H groups in total. The van der Waals surface area contributed by atoms with Gasteiger partial charge in [0.15, 0.2) is 15.7 Å². The average Bonchev–Trinajstić information content (AvgIpc) is 3.59.